The SMILES string of the molecule is C=CCNC(=S)NNC(=O)[C@@H](C)Oc1cc(C)cc(C)c1. The third kappa shape index (κ3) is 6.27. The van der Waals surface area contributed by atoms with Gasteiger partial charge in [-0.3, -0.25) is 15.6 Å². The van der Waals surface area contributed by atoms with Gasteiger partial charge in [-0.05, 0) is 56.2 Å². The van der Waals surface area contributed by atoms with Gasteiger partial charge in [0.15, 0.2) is 11.2 Å². The molecular weight excluding hydrogens is 286 g/mol. The number of amides is 1. The van der Waals surface area contributed by atoms with Crippen molar-refractivity contribution in [2.24, 2.45) is 0 Å². The molecular formula is C15H21N3O2S. The van der Waals surface area contributed by atoms with Crippen LogP contribution in [0.3, 0.4) is 0 Å². The highest BCUT2D eigenvalue weighted by atomic mass is 32.1. The average Bonchev–Trinajstić information content (AvgIpc) is 2.41. The van der Waals surface area contributed by atoms with Gasteiger partial charge in [0.05, 0.1) is 0 Å². The lowest BCUT2D eigenvalue weighted by Crippen LogP contribution is -2.50. The minimum absolute atomic E-state index is 0.308. The number of carbonyl (C=O) groups excluding carboxylic acids is 1. The van der Waals surface area contributed by atoms with Crippen LogP contribution in [0.25, 0.3) is 0 Å². The maximum Gasteiger partial charge on any atom is 0.279 e. The first-order valence-corrected chi connectivity index (χ1v) is 7.02. The molecule has 5 nitrogen and oxygen atoms in total. The Balaban J connectivity index is 2.47. The number of ether oxygens (including phenoxy) is 1. The van der Waals surface area contributed by atoms with Gasteiger partial charge in [0, 0.05) is 6.54 Å². The van der Waals surface area contributed by atoms with Crippen molar-refractivity contribution in [2.75, 3.05) is 6.54 Å². The van der Waals surface area contributed by atoms with Crippen molar-refractivity contribution in [3.8, 4) is 5.75 Å². The summed E-state index contributed by atoms with van der Waals surface area (Å²) in [5.74, 6) is 0.361. The van der Waals surface area contributed by atoms with Crippen molar-refractivity contribution in [3.63, 3.8) is 0 Å². The largest absolute Gasteiger partial charge is 0.481 e. The summed E-state index contributed by atoms with van der Waals surface area (Å²) in [5.41, 5.74) is 7.27. The normalized spacial score (nSPS) is 11.2. The topological polar surface area (TPSA) is 62.4 Å². The molecule has 0 spiro atoms. The Bertz CT molecular complexity index is 511. The standard InChI is InChI=1S/C15H21N3O2S/c1-5-6-16-15(21)18-17-14(19)12(4)20-13-8-10(2)7-11(3)9-13/h5,7-9,12H,1,6H2,2-4H3,(H,17,19)(H2,16,18,21)/t12-/m1/s1. The quantitative estimate of drug-likeness (QED) is 0.439. The zero-order valence-electron chi connectivity index (χ0n) is 12.5. The maximum atomic E-state index is 11.9. The molecule has 0 heterocycles. The second kappa shape index (κ2) is 8.26. The van der Waals surface area contributed by atoms with Crippen molar-refractivity contribution in [1.82, 2.24) is 16.2 Å². The molecule has 0 saturated heterocycles. The zero-order valence-corrected chi connectivity index (χ0v) is 13.3. The van der Waals surface area contributed by atoms with Gasteiger partial charge in [-0.25, -0.2) is 0 Å². The number of aryl methyl sites for hydroxylation is 2. The van der Waals surface area contributed by atoms with Crippen LogP contribution in [0, 0.1) is 13.8 Å². The summed E-state index contributed by atoms with van der Waals surface area (Å²) in [6, 6.07) is 5.82. The van der Waals surface area contributed by atoms with Gasteiger partial charge in [0.2, 0.25) is 0 Å². The van der Waals surface area contributed by atoms with E-state index in [-0.39, 0.29) is 5.91 Å². The second-order valence-corrected chi connectivity index (χ2v) is 5.10. The van der Waals surface area contributed by atoms with Gasteiger partial charge in [-0.2, -0.15) is 0 Å². The van der Waals surface area contributed by atoms with Gasteiger partial charge in [-0.15, -0.1) is 6.58 Å². The molecule has 0 bridgehead atoms. The Morgan fingerprint density at radius 1 is 1.33 bits per heavy atom. The van der Waals surface area contributed by atoms with E-state index in [1.807, 2.05) is 32.0 Å². The summed E-state index contributed by atoms with van der Waals surface area (Å²) in [6.45, 7) is 9.72. The van der Waals surface area contributed by atoms with Crippen molar-refractivity contribution in [2.45, 2.75) is 26.9 Å². The summed E-state index contributed by atoms with van der Waals surface area (Å²) < 4.78 is 5.62. The number of hydrogen-bond acceptors (Lipinski definition) is 3. The minimum atomic E-state index is -0.638. The third-order valence-corrected chi connectivity index (χ3v) is 2.83. The fraction of sp³-hybridized carbons (Fsp3) is 0.333. The Labute approximate surface area is 130 Å². The van der Waals surface area contributed by atoms with Crippen molar-refractivity contribution in [3.05, 3.63) is 42.0 Å². The van der Waals surface area contributed by atoms with Gasteiger partial charge < -0.3 is 10.1 Å². The molecule has 1 atom stereocenters. The number of nitrogens with one attached hydrogen (secondary N) is 3. The fourth-order valence-corrected chi connectivity index (χ4v) is 1.82. The molecule has 0 radical (unpaired) electrons. The first kappa shape index (κ1) is 17.0. The molecule has 0 aliphatic heterocycles. The maximum absolute atomic E-state index is 11.9. The highest BCUT2D eigenvalue weighted by molar-refractivity contribution is 7.80. The van der Waals surface area contributed by atoms with E-state index in [4.69, 9.17) is 17.0 Å². The lowest BCUT2D eigenvalue weighted by molar-refractivity contribution is -0.127. The van der Waals surface area contributed by atoms with E-state index in [1.165, 1.54) is 0 Å². The van der Waals surface area contributed by atoms with Crippen LogP contribution >= 0.6 is 12.2 Å². The van der Waals surface area contributed by atoms with E-state index in [9.17, 15) is 4.79 Å². The van der Waals surface area contributed by atoms with Crippen LogP contribution in [-0.2, 0) is 4.79 Å². The Kier molecular flexibility index (Phi) is 6.68. The predicted octanol–water partition coefficient (Wildman–Crippen LogP) is 1.75. The summed E-state index contributed by atoms with van der Waals surface area (Å²) >= 11 is 4.96. The van der Waals surface area contributed by atoms with Crippen molar-refractivity contribution in [1.29, 1.82) is 0 Å². The Morgan fingerprint density at radius 2 is 1.95 bits per heavy atom. The highest BCUT2D eigenvalue weighted by Gasteiger charge is 2.14. The molecule has 1 amide bonds. The molecule has 0 aliphatic rings. The molecule has 1 rings (SSSR count). The lowest BCUT2D eigenvalue weighted by Gasteiger charge is -2.16. The van der Waals surface area contributed by atoms with Crippen LogP contribution in [0.1, 0.15) is 18.1 Å². The molecule has 0 fully saturated rings. The van der Waals surface area contributed by atoms with Gasteiger partial charge in [-0.1, -0.05) is 12.1 Å². The molecule has 1 aromatic rings. The minimum Gasteiger partial charge on any atom is -0.481 e. The number of hydrazine groups is 1. The van der Waals surface area contributed by atoms with Crippen molar-refractivity contribution >= 4 is 23.2 Å². The highest BCUT2D eigenvalue weighted by Crippen LogP contribution is 2.17. The predicted molar refractivity (Wildman–Crippen MR) is 88.1 cm³/mol. The van der Waals surface area contributed by atoms with E-state index < -0.39 is 6.10 Å². The molecule has 6 heteroatoms. The van der Waals surface area contributed by atoms with Crippen LogP contribution in [-0.4, -0.2) is 23.7 Å². The van der Waals surface area contributed by atoms with Crippen molar-refractivity contribution < 1.29 is 9.53 Å². The van der Waals surface area contributed by atoms with Crippen LogP contribution in [0.2, 0.25) is 0 Å². The third-order valence-electron chi connectivity index (χ3n) is 2.58. The molecule has 0 saturated carbocycles. The van der Waals surface area contributed by atoms with Gasteiger partial charge in [0.1, 0.15) is 5.75 Å². The van der Waals surface area contributed by atoms with Crippen LogP contribution in [0.4, 0.5) is 0 Å². The number of hydrogen-bond donors (Lipinski definition) is 3. The van der Waals surface area contributed by atoms with Crippen LogP contribution in [0.15, 0.2) is 30.9 Å². The summed E-state index contributed by atoms with van der Waals surface area (Å²) in [6.07, 6.45) is 1.03. The Hall–Kier alpha value is -2.08. The second-order valence-electron chi connectivity index (χ2n) is 4.70. The van der Waals surface area contributed by atoms with E-state index >= 15 is 0 Å². The molecule has 3 N–H and O–H groups in total. The molecule has 1 aromatic carbocycles. The number of carbonyl (C=O) groups is 1. The van der Waals surface area contributed by atoms with E-state index in [0.29, 0.717) is 17.4 Å². The smallest absolute Gasteiger partial charge is 0.279 e. The molecule has 0 aromatic heterocycles. The van der Waals surface area contributed by atoms with E-state index in [1.54, 1.807) is 13.0 Å². The molecule has 114 valence electrons. The van der Waals surface area contributed by atoms with E-state index in [2.05, 4.69) is 22.7 Å². The fourth-order valence-electron chi connectivity index (χ4n) is 1.69. The summed E-state index contributed by atoms with van der Waals surface area (Å²) in [4.78, 5) is 11.9. The number of rotatable bonds is 5. The molecule has 0 unspecified atom stereocenters. The summed E-state index contributed by atoms with van der Waals surface area (Å²) in [5, 5.41) is 3.16. The first-order valence-electron chi connectivity index (χ1n) is 6.62. The average molecular weight is 307 g/mol. The number of benzene rings is 1. The van der Waals surface area contributed by atoms with Crippen LogP contribution < -0.4 is 20.9 Å². The first-order chi connectivity index (χ1) is 9.92. The van der Waals surface area contributed by atoms with Gasteiger partial charge in [0.25, 0.3) is 5.91 Å². The van der Waals surface area contributed by atoms with E-state index in [0.717, 1.165) is 11.1 Å². The van der Waals surface area contributed by atoms with Gasteiger partial charge >= 0.3 is 0 Å². The number of thiocarbonyl (C=S) groups is 1. The monoisotopic (exact) mass is 307 g/mol. The Morgan fingerprint density at radius 3 is 2.52 bits per heavy atom. The molecule has 21 heavy (non-hydrogen) atoms. The van der Waals surface area contributed by atoms with Crippen LogP contribution in [0.5, 0.6) is 5.75 Å². The molecule has 0 aliphatic carbocycles. The summed E-state index contributed by atoms with van der Waals surface area (Å²) in [7, 11) is 0. The lowest BCUT2D eigenvalue weighted by atomic mass is 10.1. The zero-order chi connectivity index (χ0) is 15.8.